The number of methoxy groups -OCH3 is 1. The Kier molecular flexibility index (Phi) is 2.24. The third kappa shape index (κ3) is 1.46. The number of esters is 1. The number of hydrogen-bond donors (Lipinski definition) is 2. The van der Waals surface area contributed by atoms with Crippen molar-refractivity contribution in [1.82, 2.24) is 5.32 Å². The second-order valence-electron chi connectivity index (χ2n) is 2.34. The molecule has 1 aliphatic rings. The van der Waals surface area contributed by atoms with Gasteiger partial charge in [0.05, 0.1) is 7.11 Å². The highest BCUT2D eigenvalue weighted by Gasteiger charge is 2.27. The van der Waals surface area contributed by atoms with Gasteiger partial charge in [0, 0.05) is 0 Å². The third-order valence-corrected chi connectivity index (χ3v) is 1.61. The molecular formula is C6H11NO3. The number of carbonyl (C=O) groups excluding carboxylic acids is 1. The van der Waals surface area contributed by atoms with Crippen LogP contribution in [0.4, 0.5) is 0 Å². The van der Waals surface area contributed by atoms with E-state index in [0.717, 1.165) is 0 Å². The van der Waals surface area contributed by atoms with E-state index in [1.54, 1.807) is 0 Å². The van der Waals surface area contributed by atoms with Gasteiger partial charge in [-0.1, -0.05) is 0 Å². The van der Waals surface area contributed by atoms with Crippen LogP contribution >= 0.6 is 0 Å². The molecule has 1 heterocycles. The highest BCUT2D eigenvalue weighted by molar-refractivity contribution is 5.75. The van der Waals surface area contributed by atoms with Crippen LogP contribution < -0.4 is 5.32 Å². The van der Waals surface area contributed by atoms with Gasteiger partial charge in [0.1, 0.15) is 12.3 Å². The summed E-state index contributed by atoms with van der Waals surface area (Å²) >= 11 is 0. The molecule has 0 radical (unpaired) electrons. The minimum atomic E-state index is -0.538. The molecule has 4 nitrogen and oxygen atoms in total. The van der Waals surface area contributed by atoms with E-state index < -0.39 is 6.23 Å². The monoisotopic (exact) mass is 145 g/mol. The van der Waals surface area contributed by atoms with Crippen molar-refractivity contribution in [1.29, 1.82) is 0 Å². The number of ether oxygens (including phenoxy) is 1. The van der Waals surface area contributed by atoms with Crippen molar-refractivity contribution in [2.24, 2.45) is 0 Å². The zero-order valence-corrected chi connectivity index (χ0v) is 5.83. The number of carbonyl (C=O) groups is 1. The van der Waals surface area contributed by atoms with Crippen LogP contribution in [-0.4, -0.2) is 30.5 Å². The molecule has 0 aromatic heterocycles. The van der Waals surface area contributed by atoms with Crippen LogP contribution in [0.2, 0.25) is 0 Å². The summed E-state index contributed by atoms with van der Waals surface area (Å²) in [5, 5.41) is 11.6. The quantitative estimate of drug-likeness (QED) is 0.476. The van der Waals surface area contributed by atoms with Crippen molar-refractivity contribution < 1.29 is 14.6 Å². The fourth-order valence-corrected chi connectivity index (χ4v) is 1.05. The number of aliphatic hydroxyl groups is 1. The SMILES string of the molecule is COC(=O)[C@H]1CC[C@@H](O)N1. The van der Waals surface area contributed by atoms with Crippen molar-refractivity contribution in [3.63, 3.8) is 0 Å². The summed E-state index contributed by atoms with van der Waals surface area (Å²) in [6.45, 7) is 0. The summed E-state index contributed by atoms with van der Waals surface area (Å²) in [6.07, 6.45) is 0.747. The minimum Gasteiger partial charge on any atom is -0.468 e. The van der Waals surface area contributed by atoms with Crippen LogP contribution in [0.5, 0.6) is 0 Å². The van der Waals surface area contributed by atoms with E-state index in [4.69, 9.17) is 5.11 Å². The minimum absolute atomic E-state index is 0.295. The third-order valence-electron chi connectivity index (χ3n) is 1.61. The van der Waals surface area contributed by atoms with Crippen LogP contribution in [0.15, 0.2) is 0 Å². The van der Waals surface area contributed by atoms with Gasteiger partial charge in [-0.05, 0) is 12.8 Å². The molecule has 1 fully saturated rings. The van der Waals surface area contributed by atoms with Gasteiger partial charge in [-0.25, -0.2) is 0 Å². The van der Waals surface area contributed by atoms with Gasteiger partial charge in [-0.3, -0.25) is 10.1 Å². The Balaban J connectivity index is 2.37. The second-order valence-corrected chi connectivity index (χ2v) is 2.34. The van der Waals surface area contributed by atoms with E-state index in [9.17, 15) is 4.79 Å². The Morgan fingerprint density at radius 3 is 2.80 bits per heavy atom. The molecule has 2 atom stereocenters. The van der Waals surface area contributed by atoms with Gasteiger partial charge in [0.25, 0.3) is 0 Å². The highest BCUT2D eigenvalue weighted by Crippen LogP contribution is 2.10. The Morgan fingerprint density at radius 1 is 1.70 bits per heavy atom. The summed E-state index contributed by atoms with van der Waals surface area (Å²) < 4.78 is 4.47. The van der Waals surface area contributed by atoms with E-state index in [2.05, 4.69) is 10.1 Å². The maximum atomic E-state index is 10.8. The largest absolute Gasteiger partial charge is 0.468 e. The van der Waals surface area contributed by atoms with E-state index >= 15 is 0 Å². The molecule has 1 rings (SSSR count). The van der Waals surface area contributed by atoms with Gasteiger partial charge >= 0.3 is 5.97 Å². The van der Waals surface area contributed by atoms with Crippen molar-refractivity contribution in [2.45, 2.75) is 25.1 Å². The lowest BCUT2D eigenvalue weighted by Crippen LogP contribution is -2.35. The molecule has 0 amide bonds. The molecule has 0 aliphatic carbocycles. The number of aliphatic hydroxyl groups excluding tert-OH is 1. The smallest absolute Gasteiger partial charge is 0.322 e. The van der Waals surface area contributed by atoms with Gasteiger partial charge in [0.2, 0.25) is 0 Å². The fraction of sp³-hybridized carbons (Fsp3) is 0.833. The molecule has 0 saturated carbocycles. The molecule has 0 spiro atoms. The maximum Gasteiger partial charge on any atom is 0.322 e. The molecule has 2 N–H and O–H groups in total. The molecule has 4 heteroatoms. The normalized spacial score (nSPS) is 32.2. The van der Waals surface area contributed by atoms with Gasteiger partial charge in [-0.2, -0.15) is 0 Å². The Bertz CT molecular complexity index is 137. The fourth-order valence-electron chi connectivity index (χ4n) is 1.05. The average molecular weight is 145 g/mol. The van der Waals surface area contributed by atoms with Crippen LogP contribution in [0.3, 0.4) is 0 Å². The molecule has 0 unspecified atom stereocenters. The Labute approximate surface area is 59.2 Å². The lowest BCUT2D eigenvalue weighted by molar-refractivity contribution is -0.143. The van der Waals surface area contributed by atoms with Crippen LogP contribution in [0.1, 0.15) is 12.8 Å². The first-order valence-electron chi connectivity index (χ1n) is 3.26. The molecular weight excluding hydrogens is 134 g/mol. The second kappa shape index (κ2) is 2.98. The van der Waals surface area contributed by atoms with Crippen molar-refractivity contribution in [3.05, 3.63) is 0 Å². The van der Waals surface area contributed by atoms with Gasteiger partial charge in [0.15, 0.2) is 0 Å². The molecule has 58 valence electrons. The number of nitrogens with one attached hydrogen (secondary N) is 1. The number of hydrogen-bond acceptors (Lipinski definition) is 4. The lowest BCUT2D eigenvalue weighted by Gasteiger charge is -2.07. The highest BCUT2D eigenvalue weighted by atomic mass is 16.5. The zero-order valence-electron chi connectivity index (χ0n) is 5.83. The molecule has 0 aromatic rings. The van der Waals surface area contributed by atoms with Gasteiger partial charge < -0.3 is 9.84 Å². The standard InChI is InChI=1S/C6H11NO3/c1-10-6(9)4-2-3-5(8)7-4/h4-5,7-8H,2-3H2,1H3/t4-,5-/m1/s1. The van der Waals surface area contributed by atoms with E-state index in [-0.39, 0.29) is 12.0 Å². The first kappa shape index (κ1) is 7.50. The predicted octanol–water partition coefficient (Wildman–Crippen LogP) is -0.770. The molecule has 0 bridgehead atoms. The summed E-state index contributed by atoms with van der Waals surface area (Å²) in [6, 6.07) is -0.306. The molecule has 1 aliphatic heterocycles. The van der Waals surface area contributed by atoms with E-state index in [1.165, 1.54) is 7.11 Å². The number of rotatable bonds is 1. The van der Waals surface area contributed by atoms with Crippen molar-refractivity contribution >= 4 is 5.97 Å². The van der Waals surface area contributed by atoms with Crippen LogP contribution in [0.25, 0.3) is 0 Å². The Hall–Kier alpha value is -0.610. The van der Waals surface area contributed by atoms with Gasteiger partial charge in [-0.15, -0.1) is 0 Å². The Morgan fingerprint density at radius 2 is 2.40 bits per heavy atom. The lowest BCUT2D eigenvalue weighted by atomic mass is 10.2. The molecule has 10 heavy (non-hydrogen) atoms. The molecule has 1 saturated heterocycles. The topological polar surface area (TPSA) is 58.6 Å². The molecule has 0 aromatic carbocycles. The van der Waals surface area contributed by atoms with Crippen molar-refractivity contribution in [2.75, 3.05) is 7.11 Å². The first-order valence-corrected chi connectivity index (χ1v) is 3.26. The summed E-state index contributed by atoms with van der Waals surface area (Å²) in [5.41, 5.74) is 0. The van der Waals surface area contributed by atoms with E-state index in [0.29, 0.717) is 12.8 Å². The van der Waals surface area contributed by atoms with Crippen LogP contribution in [-0.2, 0) is 9.53 Å². The average Bonchev–Trinajstić information content (AvgIpc) is 2.34. The summed E-state index contributed by atoms with van der Waals surface area (Å²) in [5.74, 6) is -0.295. The predicted molar refractivity (Wildman–Crippen MR) is 34.2 cm³/mol. The van der Waals surface area contributed by atoms with Crippen molar-refractivity contribution in [3.8, 4) is 0 Å². The summed E-state index contributed by atoms with van der Waals surface area (Å²) in [7, 11) is 1.34. The zero-order chi connectivity index (χ0) is 7.56. The van der Waals surface area contributed by atoms with Crippen LogP contribution in [0, 0.1) is 0 Å². The van der Waals surface area contributed by atoms with E-state index in [1.807, 2.05) is 0 Å². The maximum absolute atomic E-state index is 10.8. The first-order chi connectivity index (χ1) is 4.74. The summed E-state index contributed by atoms with van der Waals surface area (Å²) in [4.78, 5) is 10.8.